The SMILES string of the molecule is CCC1CNC(C)(CC)CN1Cc1cc(C)c(F)c(C)c1. The second-order valence-corrected chi connectivity index (χ2v) is 6.81. The van der Waals surface area contributed by atoms with E-state index in [1.165, 1.54) is 5.56 Å². The molecule has 2 rings (SSSR count). The minimum absolute atomic E-state index is 0.0653. The third-order valence-corrected chi connectivity index (χ3v) is 4.97. The van der Waals surface area contributed by atoms with Gasteiger partial charge in [-0.3, -0.25) is 4.90 Å². The van der Waals surface area contributed by atoms with Crippen molar-refractivity contribution in [3.8, 4) is 0 Å². The molecule has 0 radical (unpaired) electrons. The van der Waals surface area contributed by atoms with Crippen molar-refractivity contribution in [3.05, 3.63) is 34.6 Å². The van der Waals surface area contributed by atoms with Crippen LogP contribution in [0, 0.1) is 19.7 Å². The largest absolute Gasteiger partial charge is 0.309 e. The normalized spacial score (nSPS) is 27.0. The Labute approximate surface area is 128 Å². The molecule has 1 saturated heterocycles. The number of hydrogen-bond acceptors (Lipinski definition) is 2. The Morgan fingerprint density at radius 3 is 2.43 bits per heavy atom. The summed E-state index contributed by atoms with van der Waals surface area (Å²) in [5.74, 6) is -0.0653. The molecule has 118 valence electrons. The van der Waals surface area contributed by atoms with Crippen molar-refractivity contribution in [2.24, 2.45) is 0 Å². The number of nitrogens with zero attached hydrogens (tertiary/aromatic N) is 1. The summed E-state index contributed by atoms with van der Waals surface area (Å²) in [5, 5.41) is 3.69. The molecule has 2 unspecified atom stereocenters. The van der Waals surface area contributed by atoms with Crippen LogP contribution in [0.15, 0.2) is 12.1 Å². The number of nitrogens with one attached hydrogen (secondary N) is 1. The summed E-state index contributed by atoms with van der Waals surface area (Å²) in [6, 6.07) is 4.57. The maximum absolute atomic E-state index is 13.8. The molecular formula is C18H29FN2. The van der Waals surface area contributed by atoms with Crippen LogP contribution in [0.5, 0.6) is 0 Å². The Hall–Kier alpha value is -0.930. The summed E-state index contributed by atoms with van der Waals surface area (Å²) < 4.78 is 13.8. The lowest BCUT2D eigenvalue weighted by Gasteiger charge is -2.46. The fourth-order valence-corrected chi connectivity index (χ4v) is 3.31. The summed E-state index contributed by atoms with van der Waals surface area (Å²) in [7, 11) is 0. The zero-order chi connectivity index (χ0) is 15.6. The molecule has 2 atom stereocenters. The van der Waals surface area contributed by atoms with Crippen LogP contribution in [-0.4, -0.2) is 29.6 Å². The highest BCUT2D eigenvalue weighted by Gasteiger charge is 2.33. The van der Waals surface area contributed by atoms with Crippen molar-refractivity contribution >= 4 is 0 Å². The maximum Gasteiger partial charge on any atom is 0.129 e. The van der Waals surface area contributed by atoms with E-state index >= 15 is 0 Å². The molecular weight excluding hydrogens is 263 g/mol. The van der Waals surface area contributed by atoms with Crippen molar-refractivity contribution in [1.82, 2.24) is 10.2 Å². The molecule has 0 amide bonds. The van der Waals surface area contributed by atoms with Crippen LogP contribution >= 0.6 is 0 Å². The molecule has 1 aliphatic rings. The fraction of sp³-hybridized carbons (Fsp3) is 0.667. The van der Waals surface area contributed by atoms with Crippen molar-refractivity contribution < 1.29 is 4.39 Å². The van der Waals surface area contributed by atoms with Gasteiger partial charge in [-0.2, -0.15) is 0 Å². The summed E-state index contributed by atoms with van der Waals surface area (Å²) in [4.78, 5) is 2.56. The molecule has 0 aromatic heterocycles. The Bertz CT molecular complexity index is 477. The Morgan fingerprint density at radius 2 is 1.90 bits per heavy atom. The van der Waals surface area contributed by atoms with Gasteiger partial charge in [0.15, 0.2) is 0 Å². The van der Waals surface area contributed by atoms with Gasteiger partial charge in [-0.05, 0) is 50.3 Å². The first-order chi connectivity index (χ1) is 9.88. The molecule has 0 aliphatic carbocycles. The van der Waals surface area contributed by atoms with Gasteiger partial charge in [0.05, 0.1) is 0 Å². The third-order valence-electron chi connectivity index (χ3n) is 4.97. The van der Waals surface area contributed by atoms with E-state index in [0.717, 1.165) is 43.6 Å². The monoisotopic (exact) mass is 292 g/mol. The number of hydrogen-bond donors (Lipinski definition) is 1. The summed E-state index contributed by atoms with van der Waals surface area (Å²) in [6.45, 7) is 13.5. The van der Waals surface area contributed by atoms with E-state index in [9.17, 15) is 4.39 Å². The van der Waals surface area contributed by atoms with E-state index in [1.807, 2.05) is 26.0 Å². The smallest absolute Gasteiger partial charge is 0.129 e. The van der Waals surface area contributed by atoms with Gasteiger partial charge < -0.3 is 5.32 Å². The number of benzene rings is 1. The topological polar surface area (TPSA) is 15.3 Å². The number of aryl methyl sites for hydroxylation is 2. The first kappa shape index (κ1) is 16.4. The predicted molar refractivity (Wildman–Crippen MR) is 87.1 cm³/mol. The summed E-state index contributed by atoms with van der Waals surface area (Å²) in [6.07, 6.45) is 2.27. The quantitative estimate of drug-likeness (QED) is 0.908. The molecule has 1 aromatic carbocycles. The number of piperazine rings is 1. The van der Waals surface area contributed by atoms with E-state index < -0.39 is 0 Å². The molecule has 3 heteroatoms. The van der Waals surface area contributed by atoms with E-state index in [-0.39, 0.29) is 11.4 Å². The van der Waals surface area contributed by atoms with E-state index in [1.54, 1.807) is 0 Å². The van der Waals surface area contributed by atoms with Gasteiger partial charge in [0.2, 0.25) is 0 Å². The number of rotatable bonds is 4. The van der Waals surface area contributed by atoms with Crippen LogP contribution in [0.1, 0.15) is 50.3 Å². The van der Waals surface area contributed by atoms with Gasteiger partial charge >= 0.3 is 0 Å². The predicted octanol–water partition coefficient (Wildman–Crippen LogP) is 3.80. The first-order valence-electron chi connectivity index (χ1n) is 8.13. The second kappa shape index (κ2) is 6.45. The number of halogens is 1. The van der Waals surface area contributed by atoms with Crippen molar-refractivity contribution in [1.29, 1.82) is 0 Å². The molecule has 1 heterocycles. The minimum Gasteiger partial charge on any atom is -0.309 e. The first-order valence-corrected chi connectivity index (χ1v) is 8.13. The average Bonchev–Trinajstić information content (AvgIpc) is 2.45. The lowest BCUT2D eigenvalue weighted by atomic mass is 9.92. The van der Waals surface area contributed by atoms with Crippen LogP contribution in [0.2, 0.25) is 0 Å². The highest BCUT2D eigenvalue weighted by atomic mass is 19.1. The lowest BCUT2D eigenvalue weighted by molar-refractivity contribution is 0.0754. The van der Waals surface area contributed by atoms with Crippen LogP contribution in [0.4, 0.5) is 4.39 Å². The molecule has 1 aliphatic heterocycles. The summed E-state index contributed by atoms with van der Waals surface area (Å²) >= 11 is 0. The second-order valence-electron chi connectivity index (χ2n) is 6.81. The average molecular weight is 292 g/mol. The molecule has 1 aromatic rings. The van der Waals surface area contributed by atoms with Crippen molar-refractivity contribution in [3.63, 3.8) is 0 Å². The van der Waals surface area contributed by atoms with Crippen LogP contribution in [-0.2, 0) is 6.54 Å². The van der Waals surface area contributed by atoms with Gasteiger partial charge in [-0.25, -0.2) is 4.39 Å². The minimum atomic E-state index is -0.0653. The Morgan fingerprint density at radius 1 is 1.29 bits per heavy atom. The zero-order valence-electron chi connectivity index (χ0n) is 14.1. The van der Waals surface area contributed by atoms with E-state index in [2.05, 4.69) is 31.0 Å². The highest BCUT2D eigenvalue weighted by molar-refractivity contribution is 5.30. The molecule has 0 saturated carbocycles. The van der Waals surface area contributed by atoms with Gasteiger partial charge in [0.25, 0.3) is 0 Å². The molecule has 21 heavy (non-hydrogen) atoms. The fourth-order valence-electron chi connectivity index (χ4n) is 3.31. The van der Waals surface area contributed by atoms with Gasteiger partial charge in [0.1, 0.15) is 5.82 Å². The van der Waals surface area contributed by atoms with Crippen LogP contribution in [0.3, 0.4) is 0 Å². The van der Waals surface area contributed by atoms with Gasteiger partial charge in [-0.1, -0.05) is 26.0 Å². The highest BCUT2D eigenvalue weighted by Crippen LogP contribution is 2.24. The van der Waals surface area contributed by atoms with E-state index in [0.29, 0.717) is 6.04 Å². The zero-order valence-corrected chi connectivity index (χ0v) is 14.1. The molecule has 1 fully saturated rings. The molecule has 1 N–H and O–H groups in total. The Balaban J connectivity index is 2.19. The summed E-state index contributed by atoms with van der Waals surface area (Å²) in [5.41, 5.74) is 2.93. The van der Waals surface area contributed by atoms with Crippen molar-refractivity contribution in [2.45, 2.75) is 65.6 Å². The third kappa shape index (κ3) is 3.64. The molecule has 0 spiro atoms. The van der Waals surface area contributed by atoms with Gasteiger partial charge in [-0.15, -0.1) is 0 Å². The molecule has 0 bridgehead atoms. The van der Waals surface area contributed by atoms with Crippen LogP contribution < -0.4 is 5.32 Å². The molecule has 2 nitrogen and oxygen atoms in total. The standard InChI is InChI=1S/C18H29FN2/c1-6-16-10-20-18(5,7-2)12-21(16)11-15-8-13(3)17(19)14(4)9-15/h8-9,16,20H,6-7,10-12H2,1-5H3. The lowest BCUT2D eigenvalue weighted by Crippen LogP contribution is -2.62. The van der Waals surface area contributed by atoms with Crippen molar-refractivity contribution in [2.75, 3.05) is 13.1 Å². The van der Waals surface area contributed by atoms with Gasteiger partial charge in [0, 0.05) is 31.2 Å². The maximum atomic E-state index is 13.8. The van der Waals surface area contributed by atoms with E-state index in [4.69, 9.17) is 0 Å². The Kier molecular flexibility index (Phi) is 5.05. The van der Waals surface area contributed by atoms with Crippen LogP contribution in [0.25, 0.3) is 0 Å².